The molecule has 0 aromatic heterocycles. The van der Waals surface area contributed by atoms with Gasteiger partial charge in [-0.2, -0.15) is 0 Å². The summed E-state index contributed by atoms with van der Waals surface area (Å²) in [6.07, 6.45) is -0.363. The van der Waals surface area contributed by atoms with E-state index in [1.54, 1.807) is 13.0 Å². The number of halogens is 1. The van der Waals surface area contributed by atoms with Gasteiger partial charge in [-0.3, -0.25) is 14.9 Å². The van der Waals surface area contributed by atoms with Crippen LogP contribution in [0.3, 0.4) is 0 Å². The van der Waals surface area contributed by atoms with Crippen LogP contribution >= 0.6 is 15.9 Å². The van der Waals surface area contributed by atoms with Crippen molar-refractivity contribution in [3.63, 3.8) is 0 Å². The molecular weight excluding hydrogens is 266 g/mol. The molecule has 0 aliphatic rings. The first kappa shape index (κ1) is 11.6. The van der Waals surface area contributed by atoms with Gasteiger partial charge in [0, 0.05) is 10.5 Å². The Bertz CT molecular complexity index is 430. The molecule has 1 aromatic rings. The molecular formula is C9H8BrNO4. The fraction of sp³-hybridized carbons (Fsp3) is 0.222. The summed E-state index contributed by atoms with van der Waals surface area (Å²) in [5.74, 6) is -1.09. The van der Waals surface area contributed by atoms with Gasteiger partial charge in [0.2, 0.25) is 0 Å². The van der Waals surface area contributed by atoms with E-state index in [9.17, 15) is 14.9 Å². The van der Waals surface area contributed by atoms with Crippen LogP contribution in [0.2, 0.25) is 0 Å². The van der Waals surface area contributed by atoms with Gasteiger partial charge in [-0.25, -0.2) is 0 Å². The molecule has 0 radical (unpaired) electrons. The highest BCUT2D eigenvalue weighted by atomic mass is 79.9. The van der Waals surface area contributed by atoms with Gasteiger partial charge in [0.15, 0.2) is 0 Å². The van der Waals surface area contributed by atoms with E-state index in [2.05, 4.69) is 15.9 Å². The average molecular weight is 274 g/mol. The van der Waals surface area contributed by atoms with Crippen molar-refractivity contribution in [1.82, 2.24) is 0 Å². The largest absolute Gasteiger partial charge is 0.481 e. The van der Waals surface area contributed by atoms with Crippen molar-refractivity contribution in [1.29, 1.82) is 0 Å². The van der Waals surface area contributed by atoms with E-state index >= 15 is 0 Å². The fourth-order valence-corrected chi connectivity index (χ4v) is 1.69. The van der Waals surface area contributed by atoms with Crippen LogP contribution < -0.4 is 0 Å². The molecule has 80 valence electrons. The Kier molecular flexibility index (Phi) is 3.41. The maximum atomic E-state index is 10.7. The third-order valence-electron chi connectivity index (χ3n) is 1.94. The lowest BCUT2D eigenvalue weighted by Crippen LogP contribution is -2.05. The highest BCUT2D eigenvalue weighted by Crippen LogP contribution is 2.30. The molecule has 0 aliphatic carbocycles. The van der Waals surface area contributed by atoms with Crippen molar-refractivity contribution in [3.8, 4) is 0 Å². The molecule has 0 aliphatic heterocycles. The Morgan fingerprint density at radius 2 is 2.20 bits per heavy atom. The Morgan fingerprint density at radius 1 is 1.60 bits per heavy atom. The normalized spacial score (nSPS) is 10.0. The molecule has 1 aromatic carbocycles. The summed E-state index contributed by atoms with van der Waals surface area (Å²) in [7, 11) is 0. The van der Waals surface area contributed by atoms with Gasteiger partial charge in [-0.15, -0.1) is 0 Å². The number of benzene rings is 1. The summed E-state index contributed by atoms with van der Waals surface area (Å²) < 4.78 is 0.485. The van der Waals surface area contributed by atoms with Gasteiger partial charge >= 0.3 is 5.97 Å². The average Bonchev–Trinajstić information content (AvgIpc) is 2.12. The number of carboxylic acid groups (broad SMARTS) is 1. The van der Waals surface area contributed by atoms with Gasteiger partial charge in [0.1, 0.15) is 0 Å². The summed E-state index contributed by atoms with van der Waals surface area (Å²) in [5.41, 5.74) is 0.805. The Hall–Kier alpha value is -1.43. The SMILES string of the molecule is Cc1ccc([N+](=O)[O-])c(CC(=O)O)c1Br. The van der Waals surface area contributed by atoms with E-state index in [1.807, 2.05) is 0 Å². The number of nitro benzene ring substituents is 1. The number of nitro groups is 1. The summed E-state index contributed by atoms with van der Waals surface area (Å²) in [4.78, 5) is 20.6. The van der Waals surface area contributed by atoms with Crippen LogP contribution in [-0.2, 0) is 11.2 Å². The first-order chi connectivity index (χ1) is 6.93. The third kappa shape index (κ3) is 2.53. The van der Waals surface area contributed by atoms with Crippen LogP contribution in [-0.4, -0.2) is 16.0 Å². The predicted molar refractivity (Wildman–Crippen MR) is 56.9 cm³/mol. The van der Waals surface area contributed by atoms with Crippen molar-refractivity contribution < 1.29 is 14.8 Å². The molecule has 0 heterocycles. The number of carboxylic acids is 1. The molecule has 0 atom stereocenters. The molecule has 6 heteroatoms. The zero-order valence-corrected chi connectivity index (χ0v) is 9.44. The molecule has 0 unspecified atom stereocenters. The minimum absolute atomic E-state index is 0.171. The fourth-order valence-electron chi connectivity index (χ4n) is 1.22. The van der Waals surface area contributed by atoms with Crippen molar-refractivity contribution in [2.45, 2.75) is 13.3 Å². The Morgan fingerprint density at radius 3 is 2.67 bits per heavy atom. The summed E-state index contributed by atoms with van der Waals surface area (Å²) >= 11 is 3.16. The van der Waals surface area contributed by atoms with E-state index in [1.165, 1.54) is 6.07 Å². The standard InChI is InChI=1S/C9H8BrNO4/c1-5-2-3-7(11(14)15)6(9(5)10)4-8(12)13/h2-3H,4H2,1H3,(H,12,13). The topological polar surface area (TPSA) is 80.4 Å². The van der Waals surface area contributed by atoms with Crippen molar-refractivity contribution in [3.05, 3.63) is 37.8 Å². The van der Waals surface area contributed by atoms with Crippen LogP contribution in [0.25, 0.3) is 0 Å². The van der Waals surface area contributed by atoms with Crippen molar-refractivity contribution in [2.75, 3.05) is 0 Å². The van der Waals surface area contributed by atoms with Crippen molar-refractivity contribution in [2.24, 2.45) is 0 Å². The molecule has 0 saturated heterocycles. The minimum Gasteiger partial charge on any atom is -0.481 e. The van der Waals surface area contributed by atoms with E-state index < -0.39 is 10.9 Å². The molecule has 0 spiro atoms. The highest BCUT2D eigenvalue weighted by Gasteiger charge is 2.20. The summed E-state index contributed by atoms with van der Waals surface area (Å²) in [6.45, 7) is 1.75. The van der Waals surface area contributed by atoms with Crippen LogP contribution in [0.5, 0.6) is 0 Å². The molecule has 0 bridgehead atoms. The second kappa shape index (κ2) is 4.39. The maximum absolute atomic E-state index is 10.7. The molecule has 0 saturated carbocycles. The Labute approximate surface area is 94.0 Å². The van der Waals surface area contributed by atoms with Crippen molar-refractivity contribution >= 4 is 27.6 Å². The monoisotopic (exact) mass is 273 g/mol. The molecule has 0 fully saturated rings. The van der Waals surface area contributed by atoms with Gasteiger partial charge in [0.25, 0.3) is 5.69 Å². The molecule has 1 N–H and O–H groups in total. The quantitative estimate of drug-likeness (QED) is 0.677. The molecule has 5 nitrogen and oxygen atoms in total. The van der Waals surface area contributed by atoms with Gasteiger partial charge < -0.3 is 5.11 Å². The molecule has 0 amide bonds. The lowest BCUT2D eigenvalue weighted by atomic mass is 10.1. The van der Waals surface area contributed by atoms with Gasteiger partial charge in [-0.05, 0) is 28.4 Å². The van der Waals surface area contributed by atoms with E-state index in [0.29, 0.717) is 4.47 Å². The second-order valence-corrected chi connectivity index (χ2v) is 3.81. The maximum Gasteiger partial charge on any atom is 0.308 e. The lowest BCUT2D eigenvalue weighted by Gasteiger charge is -2.05. The number of rotatable bonds is 3. The highest BCUT2D eigenvalue weighted by molar-refractivity contribution is 9.10. The van der Waals surface area contributed by atoms with Gasteiger partial charge in [0.05, 0.1) is 16.9 Å². The van der Waals surface area contributed by atoms with E-state index in [4.69, 9.17) is 5.11 Å². The number of carbonyl (C=O) groups is 1. The summed E-state index contributed by atoms with van der Waals surface area (Å²) in [5, 5.41) is 19.3. The predicted octanol–water partition coefficient (Wildman–Crippen LogP) is 2.29. The van der Waals surface area contributed by atoms with Crippen LogP contribution in [0, 0.1) is 17.0 Å². The number of nitrogens with zero attached hydrogens (tertiary/aromatic N) is 1. The van der Waals surface area contributed by atoms with E-state index in [0.717, 1.165) is 5.56 Å². The lowest BCUT2D eigenvalue weighted by molar-refractivity contribution is -0.385. The molecule has 15 heavy (non-hydrogen) atoms. The number of aliphatic carboxylic acids is 1. The molecule has 1 rings (SSSR count). The minimum atomic E-state index is -1.09. The van der Waals surface area contributed by atoms with Gasteiger partial charge in [-0.1, -0.05) is 6.07 Å². The second-order valence-electron chi connectivity index (χ2n) is 3.02. The zero-order chi connectivity index (χ0) is 11.6. The number of aryl methyl sites for hydroxylation is 1. The Balaban J connectivity index is 3.34. The summed E-state index contributed by atoms with van der Waals surface area (Å²) in [6, 6.07) is 2.89. The number of hydrogen-bond acceptors (Lipinski definition) is 3. The zero-order valence-electron chi connectivity index (χ0n) is 7.86. The smallest absolute Gasteiger partial charge is 0.308 e. The first-order valence-corrected chi connectivity index (χ1v) is 4.87. The third-order valence-corrected chi connectivity index (χ3v) is 3.04. The van der Waals surface area contributed by atoms with E-state index in [-0.39, 0.29) is 17.7 Å². The van der Waals surface area contributed by atoms with Crippen LogP contribution in [0.1, 0.15) is 11.1 Å². The van der Waals surface area contributed by atoms with Crippen LogP contribution in [0.15, 0.2) is 16.6 Å². The number of hydrogen-bond donors (Lipinski definition) is 1. The van der Waals surface area contributed by atoms with Crippen LogP contribution in [0.4, 0.5) is 5.69 Å². The first-order valence-electron chi connectivity index (χ1n) is 4.07.